The van der Waals surface area contributed by atoms with E-state index < -0.39 is 5.97 Å². The second-order valence-corrected chi connectivity index (χ2v) is 5.40. The third-order valence-electron chi connectivity index (χ3n) is 3.59. The van der Waals surface area contributed by atoms with Gasteiger partial charge in [-0.3, -0.25) is 14.3 Å². The first-order chi connectivity index (χ1) is 11.0. The molecule has 3 rings (SSSR count). The van der Waals surface area contributed by atoms with Gasteiger partial charge in [0.2, 0.25) is 0 Å². The van der Waals surface area contributed by atoms with Gasteiger partial charge in [-0.15, -0.1) is 0 Å². The number of fused-ring (bicyclic) bond motifs is 1. The van der Waals surface area contributed by atoms with E-state index in [-0.39, 0.29) is 11.1 Å². The van der Waals surface area contributed by atoms with Crippen LogP contribution in [0.1, 0.15) is 16.1 Å². The standard InChI is InChI=1S/C17H13ClN2O3/c1-10-11(17(22)23-2)9-12-14(19-10)7-8-20(16(12)21)15-6-4-3-5-13(15)18/h3-9H,1-2H3. The maximum atomic E-state index is 12.8. The van der Waals surface area contributed by atoms with Crippen LogP contribution < -0.4 is 5.56 Å². The molecule has 0 saturated heterocycles. The van der Waals surface area contributed by atoms with Crippen molar-refractivity contribution in [3.63, 3.8) is 0 Å². The highest BCUT2D eigenvalue weighted by atomic mass is 35.5. The second-order valence-electron chi connectivity index (χ2n) is 4.99. The van der Waals surface area contributed by atoms with E-state index >= 15 is 0 Å². The summed E-state index contributed by atoms with van der Waals surface area (Å²) in [5, 5.41) is 0.792. The molecule has 0 fully saturated rings. The van der Waals surface area contributed by atoms with Crippen LogP contribution in [0.25, 0.3) is 16.6 Å². The van der Waals surface area contributed by atoms with E-state index in [1.165, 1.54) is 17.7 Å². The first-order valence-electron chi connectivity index (χ1n) is 6.89. The van der Waals surface area contributed by atoms with Gasteiger partial charge in [0.05, 0.1) is 40.0 Å². The van der Waals surface area contributed by atoms with Gasteiger partial charge < -0.3 is 4.74 Å². The highest BCUT2D eigenvalue weighted by Gasteiger charge is 2.15. The zero-order chi connectivity index (χ0) is 16.6. The summed E-state index contributed by atoms with van der Waals surface area (Å²) < 4.78 is 6.16. The molecule has 0 aliphatic rings. The molecule has 0 bridgehead atoms. The lowest BCUT2D eigenvalue weighted by Gasteiger charge is -2.10. The molecule has 2 aromatic heterocycles. The average Bonchev–Trinajstić information content (AvgIpc) is 2.55. The van der Waals surface area contributed by atoms with Crippen molar-refractivity contribution in [1.82, 2.24) is 9.55 Å². The first kappa shape index (κ1) is 15.2. The molecule has 0 unspecified atom stereocenters. The van der Waals surface area contributed by atoms with Gasteiger partial charge in [-0.1, -0.05) is 23.7 Å². The van der Waals surface area contributed by atoms with Crippen molar-refractivity contribution < 1.29 is 9.53 Å². The summed E-state index contributed by atoms with van der Waals surface area (Å²) >= 11 is 6.16. The Labute approximate surface area is 137 Å². The van der Waals surface area contributed by atoms with Gasteiger partial charge in [0.25, 0.3) is 5.56 Å². The Morgan fingerprint density at radius 1 is 1.26 bits per heavy atom. The van der Waals surface area contributed by atoms with Crippen LogP contribution in [-0.2, 0) is 4.74 Å². The monoisotopic (exact) mass is 328 g/mol. The lowest BCUT2D eigenvalue weighted by Crippen LogP contribution is -2.19. The van der Waals surface area contributed by atoms with Crippen LogP contribution in [0.4, 0.5) is 0 Å². The fraction of sp³-hybridized carbons (Fsp3) is 0.118. The van der Waals surface area contributed by atoms with E-state index in [1.54, 1.807) is 43.5 Å². The van der Waals surface area contributed by atoms with Gasteiger partial charge in [-0.05, 0) is 31.2 Å². The Morgan fingerprint density at radius 2 is 2.00 bits per heavy atom. The predicted molar refractivity (Wildman–Crippen MR) is 88.4 cm³/mol. The fourth-order valence-corrected chi connectivity index (χ4v) is 2.64. The molecule has 0 saturated carbocycles. The number of esters is 1. The van der Waals surface area contributed by atoms with Gasteiger partial charge in [-0.25, -0.2) is 4.79 Å². The number of para-hydroxylation sites is 1. The molecule has 116 valence electrons. The number of ether oxygens (including phenoxy) is 1. The SMILES string of the molecule is COC(=O)c1cc2c(=O)n(-c3ccccc3Cl)ccc2nc1C. The number of halogens is 1. The van der Waals surface area contributed by atoms with Crippen LogP contribution in [0.15, 0.2) is 47.4 Å². The Balaban J connectivity index is 2.31. The van der Waals surface area contributed by atoms with E-state index in [9.17, 15) is 9.59 Å². The number of carbonyl (C=O) groups excluding carboxylic acids is 1. The van der Waals surface area contributed by atoms with E-state index in [1.807, 2.05) is 0 Å². The molecule has 0 aliphatic carbocycles. The third-order valence-corrected chi connectivity index (χ3v) is 3.91. The maximum absolute atomic E-state index is 12.8. The molecular formula is C17H13ClN2O3. The molecule has 0 spiro atoms. The summed E-state index contributed by atoms with van der Waals surface area (Å²) in [4.78, 5) is 28.9. The van der Waals surface area contributed by atoms with Gasteiger partial charge in [0.15, 0.2) is 0 Å². The van der Waals surface area contributed by atoms with Crippen LogP contribution in [0.5, 0.6) is 0 Å². The van der Waals surface area contributed by atoms with E-state index in [0.717, 1.165) is 0 Å². The molecule has 0 N–H and O–H groups in total. The largest absolute Gasteiger partial charge is 0.465 e. The van der Waals surface area contributed by atoms with Crippen LogP contribution in [0.3, 0.4) is 0 Å². The van der Waals surface area contributed by atoms with Crippen molar-refractivity contribution in [3.05, 3.63) is 69.2 Å². The summed E-state index contributed by atoms with van der Waals surface area (Å²) in [7, 11) is 1.29. The van der Waals surface area contributed by atoms with Crippen molar-refractivity contribution in [1.29, 1.82) is 0 Å². The van der Waals surface area contributed by atoms with Gasteiger partial charge in [-0.2, -0.15) is 0 Å². The van der Waals surface area contributed by atoms with Crippen LogP contribution >= 0.6 is 11.6 Å². The third kappa shape index (κ3) is 2.59. The number of aromatic nitrogens is 2. The number of aryl methyl sites for hydroxylation is 1. The molecule has 3 aromatic rings. The summed E-state index contributed by atoms with van der Waals surface area (Å²) in [5.41, 5.74) is 1.58. The minimum absolute atomic E-state index is 0.272. The Hall–Kier alpha value is -2.66. The van der Waals surface area contributed by atoms with Gasteiger partial charge >= 0.3 is 5.97 Å². The molecule has 6 heteroatoms. The second kappa shape index (κ2) is 5.85. The predicted octanol–water partition coefficient (Wildman–Crippen LogP) is 3.13. The average molecular weight is 329 g/mol. The molecule has 1 aromatic carbocycles. The van der Waals surface area contributed by atoms with Crippen molar-refractivity contribution in [3.8, 4) is 5.69 Å². The zero-order valence-electron chi connectivity index (χ0n) is 12.5. The lowest BCUT2D eigenvalue weighted by molar-refractivity contribution is 0.0599. The van der Waals surface area contributed by atoms with Crippen molar-refractivity contribution in [2.45, 2.75) is 6.92 Å². The Morgan fingerprint density at radius 3 is 2.70 bits per heavy atom. The van der Waals surface area contributed by atoms with Crippen LogP contribution in [0.2, 0.25) is 5.02 Å². The van der Waals surface area contributed by atoms with Crippen LogP contribution in [0, 0.1) is 6.92 Å². The molecule has 2 heterocycles. The summed E-state index contributed by atoms with van der Waals surface area (Å²) in [6.07, 6.45) is 1.62. The number of nitrogens with zero attached hydrogens (tertiary/aromatic N) is 2. The molecule has 0 radical (unpaired) electrons. The van der Waals surface area contributed by atoms with Gasteiger partial charge in [0.1, 0.15) is 0 Å². The maximum Gasteiger partial charge on any atom is 0.339 e. The molecule has 0 aliphatic heterocycles. The molecule has 0 amide bonds. The number of pyridine rings is 2. The number of hydrogen-bond acceptors (Lipinski definition) is 4. The molecule has 5 nitrogen and oxygen atoms in total. The highest BCUT2D eigenvalue weighted by Crippen LogP contribution is 2.20. The summed E-state index contributed by atoms with van der Waals surface area (Å²) in [6.45, 7) is 1.70. The highest BCUT2D eigenvalue weighted by molar-refractivity contribution is 6.32. The van der Waals surface area contributed by atoms with Crippen molar-refractivity contribution in [2.75, 3.05) is 7.11 Å². The van der Waals surface area contributed by atoms with E-state index in [0.29, 0.717) is 27.3 Å². The lowest BCUT2D eigenvalue weighted by atomic mass is 10.1. The smallest absolute Gasteiger partial charge is 0.339 e. The Bertz CT molecular complexity index is 979. The van der Waals surface area contributed by atoms with E-state index in [2.05, 4.69) is 4.98 Å². The number of carbonyl (C=O) groups is 1. The molecule has 23 heavy (non-hydrogen) atoms. The number of hydrogen-bond donors (Lipinski definition) is 0. The first-order valence-corrected chi connectivity index (χ1v) is 7.27. The van der Waals surface area contributed by atoms with Crippen LogP contribution in [-0.4, -0.2) is 22.6 Å². The van der Waals surface area contributed by atoms with E-state index in [4.69, 9.17) is 16.3 Å². The fourth-order valence-electron chi connectivity index (χ4n) is 2.42. The van der Waals surface area contributed by atoms with Crippen molar-refractivity contribution in [2.24, 2.45) is 0 Å². The Kier molecular flexibility index (Phi) is 3.88. The minimum atomic E-state index is -0.524. The summed E-state index contributed by atoms with van der Waals surface area (Å²) in [5.74, 6) is -0.524. The summed E-state index contributed by atoms with van der Waals surface area (Å²) in [6, 6.07) is 10.3. The van der Waals surface area contributed by atoms with Gasteiger partial charge in [0, 0.05) is 6.20 Å². The molecular weight excluding hydrogens is 316 g/mol. The quantitative estimate of drug-likeness (QED) is 0.678. The topological polar surface area (TPSA) is 61.2 Å². The zero-order valence-corrected chi connectivity index (χ0v) is 13.3. The number of methoxy groups -OCH3 is 1. The van der Waals surface area contributed by atoms with Crippen molar-refractivity contribution >= 4 is 28.5 Å². The molecule has 0 atom stereocenters. The minimum Gasteiger partial charge on any atom is -0.465 e. The number of rotatable bonds is 2. The number of benzene rings is 1. The normalized spacial score (nSPS) is 10.7.